The quantitative estimate of drug-likeness (QED) is 0.764. The predicted octanol–water partition coefficient (Wildman–Crippen LogP) is 3.42. The molecule has 0 N–H and O–H groups in total. The number of nitrogens with zero attached hydrogens (tertiary/aromatic N) is 1. The third-order valence-electron chi connectivity index (χ3n) is 4.51. The van der Waals surface area contributed by atoms with E-state index in [1.165, 1.54) is 5.56 Å². The van der Waals surface area contributed by atoms with E-state index in [0.717, 1.165) is 25.9 Å². The van der Waals surface area contributed by atoms with E-state index in [1.54, 1.807) is 0 Å². The van der Waals surface area contributed by atoms with Crippen molar-refractivity contribution in [3.63, 3.8) is 0 Å². The molecule has 2 aliphatic rings. The minimum absolute atomic E-state index is 0.232. The maximum Gasteiger partial charge on any atom is 0.226 e. The highest BCUT2D eigenvalue weighted by Crippen LogP contribution is 2.48. The number of amides is 1. The first-order valence-electron chi connectivity index (χ1n) is 7.14. The highest BCUT2D eigenvalue weighted by molar-refractivity contribution is 9.09. The molecule has 1 saturated heterocycles. The van der Waals surface area contributed by atoms with Crippen LogP contribution in [0.2, 0.25) is 0 Å². The van der Waals surface area contributed by atoms with Crippen LogP contribution in [0.1, 0.15) is 31.2 Å². The van der Waals surface area contributed by atoms with Gasteiger partial charge in [-0.3, -0.25) is 4.79 Å². The molecule has 2 nitrogen and oxygen atoms in total. The first kappa shape index (κ1) is 13.2. The van der Waals surface area contributed by atoms with Gasteiger partial charge in [0.05, 0.1) is 0 Å². The van der Waals surface area contributed by atoms with E-state index in [-0.39, 0.29) is 5.92 Å². The lowest BCUT2D eigenvalue weighted by atomic mass is 9.98. The molecule has 102 valence electrons. The first-order chi connectivity index (χ1) is 9.16. The van der Waals surface area contributed by atoms with Gasteiger partial charge in [0.1, 0.15) is 0 Å². The number of likely N-dealkylation sites (tertiary alicyclic amines) is 1. The molecule has 0 aromatic heterocycles. The van der Waals surface area contributed by atoms with Crippen LogP contribution < -0.4 is 0 Å². The predicted molar refractivity (Wildman–Crippen MR) is 80.4 cm³/mol. The standard InChI is InChI=1S/C16H20BrNO/c1-11-7-8-18(10-15(11)17)16(19)14-9-13(14)12-5-3-2-4-6-12/h2-6,11,13-15H,7-10H2,1H3. The monoisotopic (exact) mass is 321 g/mol. The number of carbonyl (C=O) groups is 1. The number of piperidine rings is 1. The summed E-state index contributed by atoms with van der Waals surface area (Å²) in [5.74, 6) is 1.73. The van der Waals surface area contributed by atoms with Crippen molar-refractivity contribution in [3.8, 4) is 0 Å². The van der Waals surface area contributed by atoms with Gasteiger partial charge in [-0.05, 0) is 30.2 Å². The molecule has 19 heavy (non-hydrogen) atoms. The van der Waals surface area contributed by atoms with E-state index in [0.29, 0.717) is 22.6 Å². The Hall–Kier alpha value is -0.830. The fourth-order valence-corrected chi connectivity index (χ4v) is 3.61. The van der Waals surface area contributed by atoms with Gasteiger partial charge in [0, 0.05) is 23.8 Å². The van der Waals surface area contributed by atoms with Gasteiger partial charge in [0.15, 0.2) is 0 Å². The molecule has 1 aromatic rings. The summed E-state index contributed by atoms with van der Waals surface area (Å²) in [6.07, 6.45) is 2.15. The van der Waals surface area contributed by atoms with Crippen molar-refractivity contribution in [3.05, 3.63) is 35.9 Å². The lowest BCUT2D eigenvalue weighted by molar-refractivity contribution is -0.133. The lowest BCUT2D eigenvalue weighted by Crippen LogP contribution is -2.44. The maximum absolute atomic E-state index is 12.5. The van der Waals surface area contributed by atoms with Crippen LogP contribution in [0.25, 0.3) is 0 Å². The van der Waals surface area contributed by atoms with E-state index in [4.69, 9.17) is 0 Å². The Morgan fingerprint density at radius 2 is 2.05 bits per heavy atom. The second-order valence-electron chi connectivity index (χ2n) is 5.93. The van der Waals surface area contributed by atoms with Gasteiger partial charge in [-0.2, -0.15) is 0 Å². The van der Waals surface area contributed by atoms with Crippen molar-refractivity contribution >= 4 is 21.8 Å². The average Bonchev–Trinajstić information content (AvgIpc) is 3.22. The van der Waals surface area contributed by atoms with Crippen LogP contribution in [0.3, 0.4) is 0 Å². The zero-order valence-electron chi connectivity index (χ0n) is 11.3. The zero-order chi connectivity index (χ0) is 13.4. The van der Waals surface area contributed by atoms with Crippen LogP contribution in [0, 0.1) is 11.8 Å². The number of benzene rings is 1. The summed E-state index contributed by atoms with van der Waals surface area (Å²) < 4.78 is 0. The van der Waals surface area contributed by atoms with Crippen molar-refractivity contribution in [1.82, 2.24) is 4.90 Å². The van der Waals surface area contributed by atoms with Crippen molar-refractivity contribution < 1.29 is 4.79 Å². The van der Waals surface area contributed by atoms with Gasteiger partial charge >= 0.3 is 0 Å². The molecule has 4 unspecified atom stereocenters. The Labute approximate surface area is 123 Å². The van der Waals surface area contributed by atoms with Gasteiger partial charge in [-0.1, -0.05) is 53.2 Å². The van der Waals surface area contributed by atoms with E-state index >= 15 is 0 Å². The molecule has 0 bridgehead atoms. The largest absolute Gasteiger partial charge is 0.341 e. The van der Waals surface area contributed by atoms with Gasteiger partial charge < -0.3 is 4.90 Å². The molecule has 1 amide bonds. The molecule has 1 aliphatic heterocycles. The number of alkyl halides is 1. The van der Waals surface area contributed by atoms with Crippen molar-refractivity contribution in [1.29, 1.82) is 0 Å². The van der Waals surface area contributed by atoms with Gasteiger partial charge in [-0.15, -0.1) is 0 Å². The minimum Gasteiger partial charge on any atom is -0.341 e. The van der Waals surface area contributed by atoms with E-state index in [1.807, 2.05) is 6.07 Å². The highest BCUT2D eigenvalue weighted by Gasteiger charge is 2.46. The van der Waals surface area contributed by atoms with Crippen LogP contribution in [0.5, 0.6) is 0 Å². The third-order valence-corrected chi connectivity index (χ3v) is 5.71. The summed E-state index contributed by atoms with van der Waals surface area (Å²) in [7, 11) is 0. The number of hydrogen-bond acceptors (Lipinski definition) is 1. The molecule has 3 rings (SSSR count). The maximum atomic E-state index is 12.5. The van der Waals surface area contributed by atoms with Crippen LogP contribution in [0.4, 0.5) is 0 Å². The summed E-state index contributed by atoms with van der Waals surface area (Å²) in [6.45, 7) is 4.06. The molecule has 0 radical (unpaired) electrons. The molecule has 1 aliphatic carbocycles. The molecule has 2 fully saturated rings. The van der Waals surface area contributed by atoms with E-state index in [9.17, 15) is 4.79 Å². The Morgan fingerprint density at radius 1 is 1.32 bits per heavy atom. The minimum atomic E-state index is 0.232. The normalized spacial score (nSPS) is 34.1. The molecule has 0 spiro atoms. The van der Waals surface area contributed by atoms with Crippen LogP contribution in [0.15, 0.2) is 30.3 Å². The summed E-state index contributed by atoms with van der Waals surface area (Å²) in [6, 6.07) is 10.4. The number of hydrogen-bond donors (Lipinski definition) is 0. The Morgan fingerprint density at radius 3 is 2.74 bits per heavy atom. The molecular formula is C16H20BrNO. The van der Waals surface area contributed by atoms with E-state index < -0.39 is 0 Å². The number of halogens is 1. The molecular weight excluding hydrogens is 302 g/mol. The van der Waals surface area contributed by atoms with Gasteiger partial charge in [-0.25, -0.2) is 0 Å². The van der Waals surface area contributed by atoms with Crippen molar-refractivity contribution in [2.75, 3.05) is 13.1 Å². The van der Waals surface area contributed by atoms with Crippen LogP contribution in [-0.2, 0) is 4.79 Å². The summed E-state index contributed by atoms with van der Waals surface area (Å²) in [4.78, 5) is 15.0. The topological polar surface area (TPSA) is 20.3 Å². The first-order valence-corrected chi connectivity index (χ1v) is 8.06. The van der Waals surface area contributed by atoms with Crippen LogP contribution >= 0.6 is 15.9 Å². The van der Waals surface area contributed by atoms with Gasteiger partial charge in [0.2, 0.25) is 5.91 Å². The molecule has 4 atom stereocenters. The second-order valence-corrected chi connectivity index (χ2v) is 7.10. The van der Waals surface area contributed by atoms with Crippen LogP contribution in [-0.4, -0.2) is 28.7 Å². The Bertz CT molecular complexity index is 461. The Balaban J connectivity index is 1.61. The fourth-order valence-electron chi connectivity index (χ4n) is 2.99. The van der Waals surface area contributed by atoms with E-state index in [2.05, 4.69) is 52.0 Å². The SMILES string of the molecule is CC1CCN(C(=O)C2CC2c2ccccc2)CC1Br. The zero-order valence-corrected chi connectivity index (χ0v) is 12.8. The summed E-state index contributed by atoms with van der Waals surface area (Å²) in [5, 5.41) is 0. The summed E-state index contributed by atoms with van der Waals surface area (Å²) in [5.41, 5.74) is 1.32. The van der Waals surface area contributed by atoms with Gasteiger partial charge in [0.25, 0.3) is 0 Å². The third kappa shape index (κ3) is 2.71. The molecule has 1 saturated carbocycles. The van der Waals surface area contributed by atoms with Crippen molar-refractivity contribution in [2.24, 2.45) is 11.8 Å². The fraction of sp³-hybridized carbons (Fsp3) is 0.562. The summed E-state index contributed by atoms with van der Waals surface area (Å²) >= 11 is 3.70. The number of rotatable bonds is 2. The smallest absolute Gasteiger partial charge is 0.226 e. The second kappa shape index (κ2) is 5.28. The lowest BCUT2D eigenvalue weighted by Gasteiger charge is -2.34. The molecule has 1 heterocycles. The molecule has 3 heteroatoms. The Kier molecular flexibility index (Phi) is 3.66. The van der Waals surface area contributed by atoms with Crippen molar-refractivity contribution in [2.45, 2.75) is 30.5 Å². The number of carbonyl (C=O) groups excluding carboxylic acids is 1. The highest BCUT2D eigenvalue weighted by atomic mass is 79.9. The average molecular weight is 322 g/mol. The molecule has 1 aromatic carbocycles.